The van der Waals surface area contributed by atoms with Crippen LogP contribution in [0.2, 0.25) is 0 Å². The lowest BCUT2D eigenvalue weighted by Crippen LogP contribution is -2.41. The largest absolute Gasteiger partial charge is 0.496 e. The van der Waals surface area contributed by atoms with Gasteiger partial charge in [-0.15, -0.1) is 0 Å². The first-order chi connectivity index (χ1) is 12.3. The maximum atomic E-state index is 12.2. The van der Waals surface area contributed by atoms with Crippen LogP contribution in [0.1, 0.15) is 58.8 Å². The zero-order chi connectivity index (χ0) is 20.6. The molecular weight excluding hydrogens is 351 g/mol. The van der Waals surface area contributed by atoms with E-state index >= 15 is 0 Å². The highest BCUT2D eigenvalue weighted by Gasteiger charge is 2.52. The van der Waals surface area contributed by atoms with Crippen molar-refractivity contribution < 1.29 is 28.4 Å². The Bertz CT molecular complexity index is 726. The molecule has 148 valence electrons. The lowest BCUT2D eigenvalue weighted by Gasteiger charge is -2.32. The molecule has 1 saturated heterocycles. The van der Waals surface area contributed by atoms with Crippen molar-refractivity contribution in [3.8, 4) is 0 Å². The molecule has 0 saturated carbocycles. The Labute approximate surface area is 160 Å². The summed E-state index contributed by atoms with van der Waals surface area (Å²) in [6, 6.07) is 1.54. The number of amides is 1. The molecule has 0 aromatic carbocycles. The molecule has 1 fully saturated rings. The molecule has 1 aliphatic rings. The fourth-order valence-corrected chi connectivity index (χ4v) is 2.35. The van der Waals surface area contributed by atoms with Gasteiger partial charge in [0.2, 0.25) is 0 Å². The Balaban J connectivity index is 2.31. The molecule has 2 rings (SSSR count). The minimum atomic E-state index is -0.719. The summed E-state index contributed by atoms with van der Waals surface area (Å²) in [5.74, 6) is -0.608. The third-order valence-corrected chi connectivity index (χ3v) is 4.46. The number of anilines is 1. The van der Waals surface area contributed by atoms with Gasteiger partial charge < -0.3 is 18.8 Å². The van der Waals surface area contributed by atoms with Gasteiger partial charge in [-0.25, -0.2) is 14.6 Å². The van der Waals surface area contributed by atoms with Crippen molar-refractivity contribution in [3.05, 3.63) is 17.8 Å². The average Bonchev–Trinajstić information content (AvgIpc) is 2.73. The second-order valence-corrected chi connectivity index (χ2v) is 8.37. The van der Waals surface area contributed by atoms with Crippen molar-refractivity contribution in [2.24, 2.45) is 0 Å². The van der Waals surface area contributed by atoms with Gasteiger partial charge in [-0.2, -0.15) is 0 Å². The summed E-state index contributed by atoms with van der Waals surface area (Å²) in [5.41, 5.74) is -1.12. The van der Waals surface area contributed by atoms with Gasteiger partial charge in [-0.3, -0.25) is 5.32 Å². The van der Waals surface area contributed by atoms with Gasteiger partial charge in [0.1, 0.15) is 17.0 Å². The Kier molecular flexibility index (Phi) is 5.59. The van der Waals surface area contributed by atoms with E-state index in [0.717, 1.165) is 0 Å². The average molecular weight is 378 g/mol. The fraction of sp³-hybridized carbons (Fsp3) is 0.611. The second-order valence-electron chi connectivity index (χ2n) is 8.37. The molecule has 9 heteroatoms. The van der Waals surface area contributed by atoms with E-state index < -0.39 is 36.0 Å². The molecular formula is C18H27BN2O6. The number of carbonyl (C=O) groups excluding carboxylic acids is 2. The number of aromatic nitrogens is 1. The molecule has 2 heterocycles. The standard InChI is InChI=1S/C18H27BN2O6/c1-16(2,3)25-15(23)21-13-12(14(22)24-8)9-11(10-20-13)19-26-17(4,5)18(6,7)27-19/h9-10H,1-8H3,(H,20,21,23). The molecule has 0 atom stereocenters. The number of hydrogen-bond donors (Lipinski definition) is 1. The van der Waals surface area contributed by atoms with Crippen LogP contribution in [-0.2, 0) is 18.8 Å². The third kappa shape index (κ3) is 4.78. The summed E-state index contributed by atoms with van der Waals surface area (Å²) in [7, 11) is 0.558. The van der Waals surface area contributed by atoms with Crippen LogP contribution in [0.4, 0.5) is 10.6 Å². The monoisotopic (exact) mass is 378 g/mol. The van der Waals surface area contributed by atoms with Crippen molar-refractivity contribution in [2.45, 2.75) is 65.3 Å². The van der Waals surface area contributed by atoms with Crippen LogP contribution in [0.25, 0.3) is 0 Å². The van der Waals surface area contributed by atoms with E-state index in [1.807, 2.05) is 27.7 Å². The highest BCUT2D eigenvalue weighted by molar-refractivity contribution is 6.62. The first-order valence-corrected chi connectivity index (χ1v) is 8.70. The molecule has 27 heavy (non-hydrogen) atoms. The van der Waals surface area contributed by atoms with Crippen LogP contribution >= 0.6 is 0 Å². The van der Waals surface area contributed by atoms with Crippen molar-refractivity contribution in [3.63, 3.8) is 0 Å². The van der Waals surface area contributed by atoms with Crippen LogP contribution in [0, 0.1) is 0 Å². The minimum absolute atomic E-state index is 0.0383. The maximum absolute atomic E-state index is 12.2. The summed E-state index contributed by atoms with van der Waals surface area (Å²) >= 11 is 0. The van der Waals surface area contributed by atoms with Crippen LogP contribution in [0.5, 0.6) is 0 Å². The molecule has 1 aromatic rings. The molecule has 1 aliphatic heterocycles. The van der Waals surface area contributed by atoms with Gasteiger partial charge >= 0.3 is 19.2 Å². The number of hydrogen-bond acceptors (Lipinski definition) is 7. The summed E-state index contributed by atoms with van der Waals surface area (Å²) < 4.78 is 22.0. The predicted molar refractivity (Wildman–Crippen MR) is 101 cm³/mol. The molecule has 1 aromatic heterocycles. The van der Waals surface area contributed by atoms with E-state index in [0.29, 0.717) is 5.46 Å². The molecule has 0 spiro atoms. The van der Waals surface area contributed by atoms with E-state index in [4.69, 9.17) is 18.8 Å². The first kappa shape index (κ1) is 21.2. The lowest BCUT2D eigenvalue weighted by atomic mass is 9.79. The topological polar surface area (TPSA) is 96.0 Å². The van der Waals surface area contributed by atoms with E-state index in [1.54, 1.807) is 20.8 Å². The SMILES string of the molecule is COC(=O)c1cc(B2OC(C)(C)C(C)(C)O2)cnc1NC(=O)OC(C)(C)C. The van der Waals surface area contributed by atoms with Gasteiger partial charge in [0.05, 0.1) is 18.3 Å². The first-order valence-electron chi connectivity index (χ1n) is 8.70. The van der Waals surface area contributed by atoms with Crippen LogP contribution in [-0.4, -0.2) is 48.1 Å². The number of nitrogens with zero attached hydrogens (tertiary/aromatic N) is 1. The maximum Gasteiger partial charge on any atom is 0.496 e. The Hall–Kier alpha value is -2.13. The van der Waals surface area contributed by atoms with Crippen molar-refractivity contribution in [1.82, 2.24) is 4.98 Å². The number of nitrogens with one attached hydrogen (secondary N) is 1. The minimum Gasteiger partial charge on any atom is -0.465 e. The summed E-state index contributed by atoms with van der Waals surface area (Å²) in [5, 5.41) is 2.48. The summed E-state index contributed by atoms with van der Waals surface area (Å²) in [6.07, 6.45) is 0.768. The normalized spacial score (nSPS) is 18.1. The number of pyridine rings is 1. The number of methoxy groups -OCH3 is 1. The van der Waals surface area contributed by atoms with Crippen LogP contribution in [0.15, 0.2) is 12.3 Å². The van der Waals surface area contributed by atoms with Crippen LogP contribution < -0.4 is 10.8 Å². The lowest BCUT2D eigenvalue weighted by molar-refractivity contribution is 0.00578. The number of esters is 1. The molecule has 0 unspecified atom stereocenters. The molecule has 0 bridgehead atoms. The molecule has 0 radical (unpaired) electrons. The Morgan fingerprint density at radius 3 is 2.19 bits per heavy atom. The molecule has 8 nitrogen and oxygen atoms in total. The Morgan fingerprint density at radius 1 is 1.15 bits per heavy atom. The molecule has 1 N–H and O–H groups in total. The highest BCUT2D eigenvalue weighted by Crippen LogP contribution is 2.36. The van der Waals surface area contributed by atoms with Crippen molar-refractivity contribution in [2.75, 3.05) is 12.4 Å². The van der Waals surface area contributed by atoms with Crippen molar-refractivity contribution >= 4 is 30.5 Å². The van der Waals surface area contributed by atoms with Gasteiger partial charge in [0.15, 0.2) is 0 Å². The van der Waals surface area contributed by atoms with Crippen molar-refractivity contribution in [1.29, 1.82) is 0 Å². The molecule has 0 aliphatic carbocycles. The van der Waals surface area contributed by atoms with E-state index in [9.17, 15) is 9.59 Å². The zero-order valence-electron chi connectivity index (χ0n) is 17.1. The smallest absolute Gasteiger partial charge is 0.465 e. The highest BCUT2D eigenvalue weighted by atomic mass is 16.7. The quantitative estimate of drug-likeness (QED) is 0.638. The second kappa shape index (κ2) is 7.12. The van der Waals surface area contributed by atoms with Gasteiger partial charge in [-0.1, -0.05) is 0 Å². The zero-order valence-corrected chi connectivity index (χ0v) is 17.1. The number of carbonyl (C=O) groups is 2. The van der Waals surface area contributed by atoms with E-state index in [2.05, 4.69) is 10.3 Å². The number of ether oxygens (including phenoxy) is 2. The van der Waals surface area contributed by atoms with E-state index in [1.165, 1.54) is 19.4 Å². The predicted octanol–water partition coefficient (Wildman–Crippen LogP) is 2.51. The summed E-state index contributed by atoms with van der Waals surface area (Å²) in [6.45, 7) is 12.9. The Morgan fingerprint density at radius 2 is 1.70 bits per heavy atom. The fourth-order valence-electron chi connectivity index (χ4n) is 2.35. The molecule has 1 amide bonds. The van der Waals surface area contributed by atoms with E-state index in [-0.39, 0.29) is 11.4 Å². The summed E-state index contributed by atoms with van der Waals surface area (Å²) in [4.78, 5) is 28.4. The van der Waals surface area contributed by atoms with Gasteiger partial charge in [0.25, 0.3) is 0 Å². The third-order valence-electron chi connectivity index (χ3n) is 4.46. The van der Waals surface area contributed by atoms with Gasteiger partial charge in [0, 0.05) is 11.7 Å². The van der Waals surface area contributed by atoms with Crippen LogP contribution in [0.3, 0.4) is 0 Å². The number of rotatable bonds is 3. The van der Waals surface area contributed by atoms with Gasteiger partial charge in [-0.05, 0) is 54.5 Å².